The van der Waals surface area contributed by atoms with Crippen molar-refractivity contribution in [2.75, 3.05) is 13.1 Å². The van der Waals surface area contributed by atoms with Gasteiger partial charge in [0.1, 0.15) is 13.1 Å². The molecule has 4 N–H and O–H groups in total. The molecule has 0 rings (SSSR count). The van der Waals surface area contributed by atoms with Gasteiger partial charge in [-0.15, -0.1) is 0 Å². The molecule has 0 saturated heterocycles. The lowest BCUT2D eigenvalue weighted by atomic mass is 10.1. The topological polar surface area (TPSA) is 113 Å². The number of hydrogen-bond acceptors (Lipinski definition) is 3. The summed E-state index contributed by atoms with van der Waals surface area (Å²) >= 11 is 0. The monoisotopic (exact) mass is 259 g/mol. The van der Waals surface area contributed by atoms with E-state index in [1.807, 2.05) is 13.8 Å². The van der Waals surface area contributed by atoms with Gasteiger partial charge in [-0.25, -0.2) is 4.79 Å². The summed E-state index contributed by atoms with van der Waals surface area (Å²) in [7, 11) is 0. The Morgan fingerprint density at radius 1 is 1.33 bits per heavy atom. The van der Waals surface area contributed by atoms with Crippen molar-refractivity contribution in [1.82, 2.24) is 10.2 Å². The molecular weight excluding hydrogens is 238 g/mol. The van der Waals surface area contributed by atoms with Gasteiger partial charge in [0.15, 0.2) is 0 Å². The molecule has 0 spiro atoms. The summed E-state index contributed by atoms with van der Waals surface area (Å²) in [6, 6.07) is -0.651. The number of carboxylic acid groups (broad SMARTS) is 1. The van der Waals surface area contributed by atoms with Crippen LogP contribution < -0.4 is 11.1 Å². The summed E-state index contributed by atoms with van der Waals surface area (Å²) in [6.45, 7) is 2.92. The molecule has 0 aliphatic rings. The van der Waals surface area contributed by atoms with Crippen LogP contribution in [0.1, 0.15) is 33.1 Å². The number of nitrogens with one attached hydrogen (secondary N) is 1. The lowest BCUT2D eigenvalue weighted by Gasteiger charge is -2.22. The molecule has 0 aromatic heterocycles. The van der Waals surface area contributed by atoms with Crippen LogP contribution in [0, 0.1) is 0 Å². The number of nitrogens with two attached hydrogens (primary N) is 1. The Labute approximate surface area is 106 Å². The van der Waals surface area contributed by atoms with Crippen LogP contribution in [-0.2, 0) is 9.59 Å². The lowest BCUT2D eigenvalue weighted by molar-refractivity contribution is -0.137. The fourth-order valence-corrected chi connectivity index (χ4v) is 1.44. The summed E-state index contributed by atoms with van der Waals surface area (Å²) in [5.74, 6) is -1.93. The van der Waals surface area contributed by atoms with Crippen molar-refractivity contribution < 1.29 is 19.5 Å². The van der Waals surface area contributed by atoms with Crippen LogP contribution in [-0.4, -0.2) is 47.0 Å². The summed E-state index contributed by atoms with van der Waals surface area (Å²) < 4.78 is 0. The molecule has 0 aliphatic carbocycles. The van der Waals surface area contributed by atoms with Gasteiger partial charge in [0.25, 0.3) is 0 Å². The maximum atomic E-state index is 11.7. The minimum Gasteiger partial charge on any atom is -0.480 e. The minimum absolute atomic E-state index is 0.0679. The highest BCUT2D eigenvalue weighted by molar-refractivity contribution is 5.85. The number of carbonyl (C=O) groups is 3. The van der Waals surface area contributed by atoms with E-state index in [0.29, 0.717) is 0 Å². The zero-order valence-corrected chi connectivity index (χ0v) is 10.8. The van der Waals surface area contributed by atoms with E-state index in [-0.39, 0.29) is 6.04 Å². The third-order valence-electron chi connectivity index (χ3n) is 2.32. The number of nitrogens with zero attached hydrogens (tertiary/aromatic N) is 1. The van der Waals surface area contributed by atoms with Crippen molar-refractivity contribution in [3.8, 4) is 0 Å². The van der Waals surface area contributed by atoms with E-state index >= 15 is 0 Å². The lowest BCUT2D eigenvalue weighted by Crippen LogP contribution is -2.48. The molecule has 1 atom stereocenters. The third-order valence-corrected chi connectivity index (χ3v) is 2.32. The smallest absolute Gasteiger partial charge is 0.323 e. The first-order chi connectivity index (χ1) is 8.36. The molecule has 7 nitrogen and oxygen atoms in total. The summed E-state index contributed by atoms with van der Waals surface area (Å²) in [6.07, 6.45) is 2.79. The quantitative estimate of drug-likeness (QED) is 0.575. The van der Waals surface area contributed by atoms with Crippen molar-refractivity contribution in [3.05, 3.63) is 0 Å². The fourth-order valence-electron chi connectivity index (χ4n) is 1.44. The van der Waals surface area contributed by atoms with Crippen molar-refractivity contribution >= 4 is 17.9 Å². The molecule has 1 unspecified atom stereocenters. The van der Waals surface area contributed by atoms with Gasteiger partial charge in [0, 0.05) is 6.04 Å². The second kappa shape index (κ2) is 8.32. The molecule has 18 heavy (non-hydrogen) atoms. The first-order valence-corrected chi connectivity index (χ1v) is 5.92. The van der Waals surface area contributed by atoms with Crippen LogP contribution in [0.2, 0.25) is 0 Å². The molecule has 104 valence electrons. The van der Waals surface area contributed by atoms with Crippen molar-refractivity contribution in [1.29, 1.82) is 0 Å². The second-order valence-electron chi connectivity index (χ2n) is 4.21. The molecule has 0 fully saturated rings. The van der Waals surface area contributed by atoms with E-state index in [1.165, 1.54) is 0 Å². The van der Waals surface area contributed by atoms with Gasteiger partial charge in [-0.2, -0.15) is 0 Å². The molecule has 0 heterocycles. The molecule has 0 aromatic carbocycles. The predicted octanol–water partition coefficient (Wildman–Crippen LogP) is 0.147. The number of aliphatic carboxylic acids is 1. The highest BCUT2D eigenvalue weighted by atomic mass is 16.4. The number of urea groups is 1. The summed E-state index contributed by atoms with van der Waals surface area (Å²) in [5.41, 5.74) is 4.96. The van der Waals surface area contributed by atoms with E-state index in [9.17, 15) is 14.4 Å². The van der Waals surface area contributed by atoms with Crippen molar-refractivity contribution in [2.24, 2.45) is 5.73 Å². The Bertz CT molecular complexity index is 291. The Morgan fingerprint density at radius 2 is 1.94 bits per heavy atom. The van der Waals surface area contributed by atoms with Gasteiger partial charge < -0.3 is 21.1 Å². The van der Waals surface area contributed by atoms with Crippen LogP contribution in [0.25, 0.3) is 0 Å². The number of amides is 3. The summed E-state index contributed by atoms with van der Waals surface area (Å²) in [5, 5.41) is 11.3. The molecule has 7 heteroatoms. The van der Waals surface area contributed by atoms with Gasteiger partial charge in [0.2, 0.25) is 5.91 Å². The van der Waals surface area contributed by atoms with Gasteiger partial charge in [0.05, 0.1) is 0 Å². The van der Waals surface area contributed by atoms with E-state index < -0.39 is 31.0 Å². The van der Waals surface area contributed by atoms with Crippen LogP contribution in [0.15, 0.2) is 0 Å². The van der Waals surface area contributed by atoms with E-state index in [2.05, 4.69) is 5.32 Å². The maximum absolute atomic E-state index is 11.7. The van der Waals surface area contributed by atoms with E-state index in [1.54, 1.807) is 0 Å². The molecule has 0 aliphatic heterocycles. The van der Waals surface area contributed by atoms with Crippen molar-refractivity contribution in [3.63, 3.8) is 0 Å². The number of rotatable bonds is 8. The van der Waals surface area contributed by atoms with Gasteiger partial charge >= 0.3 is 12.0 Å². The van der Waals surface area contributed by atoms with Crippen LogP contribution >= 0.6 is 0 Å². The molecule has 0 saturated carbocycles. The first kappa shape index (κ1) is 16.2. The average Bonchev–Trinajstić information content (AvgIpc) is 2.24. The maximum Gasteiger partial charge on any atom is 0.323 e. The van der Waals surface area contributed by atoms with Gasteiger partial charge in [-0.1, -0.05) is 19.8 Å². The number of carboxylic acids is 1. The Kier molecular flexibility index (Phi) is 7.50. The molecule has 0 bridgehead atoms. The van der Waals surface area contributed by atoms with Gasteiger partial charge in [-0.05, 0) is 13.3 Å². The Morgan fingerprint density at radius 3 is 2.39 bits per heavy atom. The number of primary amides is 1. The average molecular weight is 259 g/mol. The zero-order valence-electron chi connectivity index (χ0n) is 10.8. The zero-order chi connectivity index (χ0) is 14.1. The van der Waals surface area contributed by atoms with Crippen LogP contribution in [0.3, 0.4) is 0 Å². The highest BCUT2D eigenvalue weighted by Gasteiger charge is 2.19. The number of carbonyl (C=O) groups excluding carboxylic acids is 2. The number of hydrogen-bond donors (Lipinski definition) is 3. The molecule has 3 amide bonds. The SMILES string of the molecule is CCCCC(C)NC(=O)N(CC(N)=O)CC(=O)O. The van der Waals surface area contributed by atoms with Crippen LogP contribution in [0.4, 0.5) is 4.79 Å². The normalized spacial score (nSPS) is 11.7. The minimum atomic E-state index is -1.19. The second-order valence-corrected chi connectivity index (χ2v) is 4.21. The van der Waals surface area contributed by atoms with Crippen LogP contribution in [0.5, 0.6) is 0 Å². The van der Waals surface area contributed by atoms with Gasteiger partial charge in [-0.3, -0.25) is 9.59 Å². The predicted molar refractivity (Wildman–Crippen MR) is 65.9 cm³/mol. The largest absolute Gasteiger partial charge is 0.480 e. The third kappa shape index (κ3) is 7.48. The molecular formula is C11H21N3O4. The molecule has 0 radical (unpaired) electrons. The Balaban J connectivity index is 4.35. The highest BCUT2D eigenvalue weighted by Crippen LogP contribution is 2.00. The Hall–Kier alpha value is -1.79. The summed E-state index contributed by atoms with van der Waals surface area (Å²) in [4.78, 5) is 34.0. The van der Waals surface area contributed by atoms with E-state index in [4.69, 9.17) is 10.8 Å². The fraction of sp³-hybridized carbons (Fsp3) is 0.727. The van der Waals surface area contributed by atoms with Crippen molar-refractivity contribution in [2.45, 2.75) is 39.2 Å². The standard InChI is InChI=1S/C11H21N3O4/c1-3-4-5-8(2)13-11(18)14(6-9(12)15)7-10(16)17/h8H,3-7H2,1-2H3,(H2,12,15)(H,13,18)(H,16,17). The number of unbranched alkanes of at least 4 members (excludes halogenated alkanes) is 1. The first-order valence-electron chi connectivity index (χ1n) is 5.92. The molecule has 0 aromatic rings. The van der Waals surface area contributed by atoms with E-state index in [0.717, 1.165) is 24.2 Å².